The van der Waals surface area contributed by atoms with Crippen LogP contribution in [0.2, 0.25) is 0 Å². The van der Waals surface area contributed by atoms with Crippen molar-refractivity contribution in [3.8, 4) is 5.75 Å². The number of aliphatic carboxylic acids is 1. The third kappa shape index (κ3) is 8.88. The number of hydrogen-bond donors (Lipinski definition) is 3. The molecule has 10 nitrogen and oxygen atoms in total. The number of aromatic nitrogens is 4. The molecule has 0 amide bonds. The number of pyridine rings is 2. The standard InChI is InChI=1S/C29H39N7O3/c1-21-19-30-20-27(33-21)35-25(29(37)38)12-16-36(17-18-39-26-9-6-13-31-22(26)2)15-4-3-8-24-11-10-23-7-5-14-32-28(23)34-24/h6,9-11,13,19-20,25H,3-5,7-8,12,14-18H2,1-2H3,(H,32,34)(H,33,35)(H,37,38). The van der Waals surface area contributed by atoms with Crippen LogP contribution < -0.4 is 15.4 Å². The van der Waals surface area contributed by atoms with Gasteiger partial charge in [-0.1, -0.05) is 6.07 Å². The SMILES string of the molecule is Cc1cncc(NC(CCN(CCCCc2ccc3c(n2)NCCC3)CCOc2cccnc2C)C(=O)O)n1. The average molecular weight is 534 g/mol. The lowest BCUT2D eigenvalue weighted by atomic mass is 10.1. The predicted molar refractivity (Wildman–Crippen MR) is 151 cm³/mol. The van der Waals surface area contributed by atoms with E-state index >= 15 is 0 Å². The van der Waals surface area contributed by atoms with E-state index in [1.807, 2.05) is 26.0 Å². The normalized spacial score (nSPS) is 13.4. The first-order valence-electron chi connectivity index (χ1n) is 13.8. The second-order valence-electron chi connectivity index (χ2n) is 9.94. The molecule has 0 aromatic carbocycles. The molecule has 0 saturated heterocycles. The molecule has 1 aliphatic rings. The Morgan fingerprint density at radius 3 is 2.87 bits per heavy atom. The lowest BCUT2D eigenvalue weighted by molar-refractivity contribution is -0.138. The molecule has 0 spiro atoms. The van der Waals surface area contributed by atoms with Crippen molar-refractivity contribution >= 4 is 17.6 Å². The van der Waals surface area contributed by atoms with Gasteiger partial charge < -0.3 is 20.5 Å². The van der Waals surface area contributed by atoms with Crippen molar-refractivity contribution in [2.24, 2.45) is 0 Å². The zero-order chi connectivity index (χ0) is 27.5. The van der Waals surface area contributed by atoms with Crippen LogP contribution in [-0.4, -0.2) is 74.7 Å². The number of nitrogens with one attached hydrogen (secondary N) is 2. The summed E-state index contributed by atoms with van der Waals surface area (Å²) >= 11 is 0. The highest BCUT2D eigenvalue weighted by atomic mass is 16.5. The molecule has 208 valence electrons. The smallest absolute Gasteiger partial charge is 0.326 e. The molecule has 0 radical (unpaired) electrons. The summed E-state index contributed by atoms with van der Waals surface area (Å²) in [5, 5.41) is 16.3. The molecule has 3 aromatic rings. The molecule has 10 heteroatoms. The van der Waals surface area contributed by atoms with Crippen molar-refractivity contribution in [3.05, 3.63) is 65.5 Å². The van der Waals surface area contributed by atoms with Gasteiger partial charge >= 0.3 is 5.97 Å². The van der Waals surface area contributed by atoms with Crippen LogP contribution in [0.3, 0.4) is 0 Å². The molecule has 0 fully saturated rings. The Bertz CT molecular complexity index is 1220. The van der Waals surface area contributed by atoms with Crippen LogP contribution in [0.5, 0.6) is 5.75 Å². The van der Waals surface area contributed by atoms with Crippen LogP contribution in [0.15, 0.2) is 42.9 Å². The van der Waals surface area contributed by atoms with Crippen molar-refractivity contribution in [2.75, 3.05) is 43.4 Å². The van der Waals surface area contributed by atoms with Gasteiger partial charge in [0.25, 0.3) is 0 Å². The van der Waals surface area contributed by atoms with Crippen LogP contribution in [0.25, 0.3) is 0 Å². The summed E-state index contributed by atoms with van der Waals surface area (Å²) < 4.78 is 5.99. The second-order valence-corrected chi connectivity index (χ2v) is 9.94. The molecule has 3 N–H and O–H groups in total. The van der Waals surface area contributed by atoms with Crippen molar-refractivity contribution < 1.29 is 14.6 Å². The summed E-state index contributed by atoms with van der Waals surface area (Å²) in [6.45, 7) is 7.38. The number of carboxylic acids is 1. The van der Waals surface area contributed by atoms with E-state index in [1.54, 1.807) is 18.6 Å². The van der Waals surface area contributed by atoms with Gasteiger partial charge in [0.05, 0.1) is 17.6 Å². The average Bonchev–Trinajstić information content (AvgIpc) is 2.93. The van der Waals surface area contributed by atoms with Gasteiger partial charge in [0.15, 0.2) is 0 Å². The fourth-order valence-corrected chi connectivity index (χ4v) is 4.67. The number of carbonyl (C=O) groups is 1. The van der Waals surface area contributed by atoms with Crippen LogP contribution in [-0.2, 0) is 17.6 Å². The first-order chi connectivity index (χ1) is 19.0. The Hall–Kier alpha value is -3.79. The van der Waals surface area contributed by atoms with Gasteiger partial charge in [-0.3, -0.25) is 14.9 Å². The topological polar surface area (TPSA) is 125 Å². The van der Waals surface area contributed by atoms with Crippen LogP contribution in [0.4, 0.5) is 11.6 Å². The van der Waals surface area contributed by atoms with E-state index in [2.05, 4.69) is 42.6 Å². The summed E-state index contributed by atoms with van der Waals surface area (Å²) in [5.74, 6) is 1.37. The molecule has 0 bridgehead atoms. The summed E-state index contributed by atoms with van der Waals surface area (Å²) in [6, 6.07) is 7.36. The van der Waals surface area contributed by atoms with Crippen LogP contribution in [0, 0.1) is 13.8 Å². The van der Waals surface area contributed by atoms with E-state index < -0.39 is 12.0 Å². The van der Waals surface area contributed by atoms with E-state index in [0.717, 1.165) is 73.8 Å². The molecule has 1 aliphatic heterocycles. The van der Waals surface area contributed by atoms with E-state index in [4.69, 9.17) is 9.72 Å². The number of hydrogen-bond acceptors (Lipinski definition) is 9. The number of fused-ring (bicyclic) bond motifs is 1. The van der Waals surface area contributed by atoms with E-state index in [-0.39, 0.29) is 0 Å². The van der Waals surface area contributed by atoms with Crippen molar-refractivity contribution in [2.45, 2.75) is 58.4 Å². The molecular formula is C29H39N7O3. The Labute approximate surface area is 230 Å². The lowest BCUT2D eigenvalue weighted by Gasteiger charge is -2.25. The molecule has 39 heavy (non-hydrogen) atoms. The van der Waals surface area contributed by atoms with Gasteiger partial charge in [-0.05, 0) is 82.7 Å². The molecule has 1 unspecified atom stereocenters. The summed E-state index contributed by atoms with van der Waals surface area (Å²) in [5.41, 5.74) is 4.00. The minimum atomic E-state index is -0.910. The monoisotopic (exact) mass is 533 g/mol. The molecule has 4 rings (SSSR count). The minimum Gasteiger partial charge on any atom is -0.490 e. The molecule has 0 aliphatic carbocycles. The first kappa shape index (κ1) is 28.2. The highest BCUT2D eigenvalue weighted by molar-refractivity contribution is 5.76. The number of rotatable bonds is 15. The Balaban J connectivity index is 1.31. The van der Waals surface area contributed by atoms with Gasteiger partial charge in [0.1, 0.15) is 30.0 Å². The predicted octanol–water partition coefficient (Wildman–Crippen LogP) is 3.90. The van der Waals surface area contributed by atoms with Gasteiger partial charge in [0, 0.05) is 37.7 Å². The number of unbranched alkanes of at least 4 members (excludes halogenated alkanes) is 1. The summed E-state index contributed by atoms with van der Waals surface area (Å²) in [4.78, 5) is 31.8. The Kier molecular flexibility index (Phi) is 10.4. The number of anilines is 2. The quantitative estimate of drug-likeness (QED) is 0.248. The Morgan fingerprint density at radius 2 is 2.05 bits per heavy atom. The van der Waals surface area contributed by atoms with Crippen molar-refractivity contribution in [3.63, 3.8) is 0 Å². The van der Waals surface area contributed by atoms with E-state index in [0.29, 0.717) is 31.9 Å². The van der Waals surface area contributed by atoms with Gasteiger partial charge in [-0.15, -0.1) is 0 Å². The first-order valence-corrected chi connectivity index (χ1v) is 13.8. The maximum Gasteiger partial charge on any atom is 0.326 e. The summed E-state index contributed by atoms with van der Waals surface area (Å²) in [6.07, 6.45) is 10.5. The third-order valence-electron chi connectivity index (χ3n) is 6.84. The fourth-order valence-electron chi connectivity index (χ4n) is 4.67. The fraction of sp³-hybridized carbons (Fsp3) is 0.483. The molecule has 3 aromatic heterocycles. The second kappa shape index (κ2) is 14.4. The van der Waals surface area contributed by atoms with E-state index in [9.17, 15) is 9.90 Å². The van der Waals surface area contributed by atoms with Crippen molar-refractivity contribution in [1.82, 2.24) is 24.8 Å². The number of nitrogens with zero attached hydrogens (tertiary/aromatic N) is 5. The van der Waals surface area contributed by atoms with Gasteiger partial charge in [-0.2, -0.15) is 0 Å². The Morgan fingerprint density at radius 1 is 1.15 bits per heavy atom. The number of carboxylic acid groups (broad SMARTS) is 1. The molecule has 0 saturated carbocycles. The highest BCUT2D eigenvalue weighted by Crippen LogP contribution is 2.20. The summed E-state index contributed by atoms with van der Waals surface area (Å²) in [7, 11) is 0. The number of aryl methyl sites for hydroxylation is 4. The van der Waals surface area contributed by atoms with Crippen molar-refractivity contribution in [1.29, 1.82) is 0 Å². The van der Waals surface area contributed by atoms with Crippen LogP contribution in [0.1, 0.15) is 48.3 Å². The highest BCUT2D eigenvalue weighted by Gasteiger charge is 2.20. The maximum absolute atomic E-state index is 12.0. The van der Waals surface area contributed by atoms with Gasteiger partial charge in [0.2, 0.25) is 0 Å². The molecular weight excluding hydrogens is 494 g/mol. The minimum absolute atomic E-state index is 0.426. The maximum atomic E-state index is 12.0. The molecule has 1 atom stereocenters. The molecule has 4 heterocycles. The largest absolute Gasteiger partial charge is 0.490 e. The number of ether oxygens (including phenoxy) is 1. The van der Waals surface area contributed by atoms with Crippen LogP contribution >= 0.6 is 0 Å². The van der Waals surface area contributed by atoms with E-state index in [1.165, 1.54) is 5.56 Å². The lowest BCUT2D eigenvalue weighted by Crippen LogP contribution is -2.37. The zero-order valence-electron chi connectivity index (χ0n) is 22.9. The zero-order valence-corrected chi connectivity index (χ0v) is 22.9. The third-order valence-corrected chi connectivity index (χ3v) is 6.84. The van der Waals surface area contributed by atoms with Gasteiger partial charge in [-0.25, -0.2) is 14.8 Å².